The predicted molar refractivity (Wildman–Crippen MR) is 64.9 cm³/mol. The molecule has 0 radical (unpaired) electrons. The van der Waals surface area contributed by atoms with E-state index in [9.17, 15) is 28.6 Å². The van der Waals surface area contributed by atoms with Crippen molar-refractivity contribution in [2.24, 2.45) is 0 Å². The van der Waals surface area contributed by atoms with Gasteiger partial charge in [0.25, 0.3) is 21.4 Å². The lowest BCUT2D eigenvalue weighted by atomic mass is 10.3. The van der Waals surface area contributed by atoms with Crippen molar-refractivity contribution in [3.05, 3.63) is 38.4 Å². The van der Waals surface area contributed by atoms with Crippen molar-refractivity contribution < 1.29 is 23.1 Å². The second-order valence-corrected chi connectivity index (χ2v) is 4.86. The number of nitro benzene ring substituents is 2. The van der Waals surface area contributed by atoms with Crippen LogP contribution in [0.2, 0.25) is 0 Å². The molecule has 1 aromatic rings. The van der Waals surface area contributed by atoms with Crippen molar-refractivity contribution in [2.75, 3.05) is 6.61 Å². The molecule has 0 unspecified atom stereocenters. The lowest BCUT2D eigenvalue weighted by molar-refractivity contribution is -0.396. The van der Waals surface area contributed by atoms with E-state index < -0.39 is 36.1 Å². The highest BCUT2D eigenvalue weighted by Gasteiger charge is 2.28. The number of terminal acetylenes is 1. The fourth-order valence-electron chi connectivity index (χ4n) is 1.18. The van der Waals surface area contributed by atoms with Crippen molar-refractivity contribution in [3.8, 4) is 12.3 Å². The number of nitro groups is 2. The number of non-ortho nitro benzene ring substituents is 1. The minimum absolute atomic E-state index is 0.389. The Kier molecular flexibility index (Phi) is 4.70. The predicted octanol–water partition coefficient (Wildman–Crippen LogP) is 0.346. The van der Waals surface area contributed by atoms with Crippen LogP contribution >= 0.6 is 0 Å². The Labute approximate surface area is 112 Å². The van der Waals surface area contributed by atoms with Crippen LogP contribution in [0.4, 0.5) is 11.4 Å². The standard InChI is InChI=1S/C9H7N3O7S/c1-2-5-19-10-20(17,18)9-4-3-7(11(13)14)6-8(9)12(15)16/h1,3-4,6,10H,5H2. The number of hydrogen-bond acceptors (Lipinski definition) is 7. The van der Waals surface area contributed by atoms with Gasteiger partial charge in [-0.1, -0.05) is 10.8 Å². The molecular formula is C9H7N3O7S. The molecule has 1 N–H and O–H groups in total. The largest absolute Gasteiger partial charge is 0.296 e. The third-order valence-corrected chi connectivity index (χ3v) is 3.23. The number of benzene rings is 1. The fraction of sp³-hybridized carbons (Fsp3) is 0.111. The number of hydrogen-bond donors (Lipinski definition) is 1. The number of sulfonamides is 1. The summed E-state index contributed by atoms with van der Waals surface area (Å²) >= 11 is 0. The van der Waals surface area contributed by atoms with E-state index in [4.69, 9.17) is 6.42 Å². The van der Waals surface area contributed by atoms with Gasteiger partial charge in [0.1, 0.15) is 6.61 Å². The fourth-order valence-corrected chi connectivity index (χ4v) is 2.14. The van der Waals surface area contributed by atoms with E-state index in [1.165, 1.54) is 0 Å². The summed E-state index contributed by atoms with van der Waals surface area (Å²) in [5.74, 6) is 1.98. The highest BCUT2D eigenvalue weighted by Crippen LogP contribution is 2.28. The van der Waals surface area contributed by atoms with Crippen LogP contribution in [0.1, 0.15) is 0 Å². The van der Waals surface area contributed by atoms with Crippen LogP contribution in [-0.4, -0.2) is 24.9 Å². The molecule has 0 aliphatic carbocycles. The van der Waals surface area contributed by atoms with Crippen LogP contribution in [0.15, 0.2) is 23.1 Å². The SMILES string of the molecule is C#CCONS(=O)(=O)c1ccc([N+](=O)[O-])cc1[N+](=O)[O-]. The molecule has 11 heteroatoms. The van der Waals surface area contributed by atoms with Crippen LogP contribution in [0.25, 0.3) is 0 Å². The molecule has 1 rings (SSSR count). The molecule has 0 amide bonds. The van der Waals surface area contributed by atoms with E-state index in [2.05, 4.69) is 4.84 Å². The lowest BCUT2D eigenvalue weighted by Gasteiger charge is -2.05. The van der Waals surface area contributed by atoms with Gasteiger partial charge in [0, 0.05) is 6.07 Å². The summed E-state index contributed by atoms with van der Waals surface area (Å²) in [5, 5.41) is 21.3. The molecule has 10 nitrogen and oxygen atoms in total. The third-order valence-electron chi connectivity index (χ3n) is 1.96. The maximum Gasteiger partial charge on any atom is 0.296 e. The summed E-state index contributed by atoms with van der Waals surface area (Å²) in [6.45, 7) is -0.389. The monoisotopic (exact) mass is 301 g/mol. The van der Waals surface area contributed by atoms with Gasteiger partial charge in [-0.05, 0) is 6.07 Å². The smallest absolute Gasteiger partial charge is 0.274 e. The van der Waals surface area contributed by atoms with Gasteiger partial charge < -0.3 is 0 Å². The lowest BCUT2D eigenvalue weighted by Crippen LogP contribution is -2.25. The average molecular weight is 301 g/mol. The van der Waals surface area contributed by atoms with Crippen LogP contribution < -0.4 is 4.89 Å². The van der Waals surface area contributed by atoms with E-state index in [1.807, 2.05) is 5.92 Å². The zero-order valence-electron chi connectivity index (χ0n) is 9.68. The van der Waals surface area contributed by atoms with Gasteiger partial charge in [-0.2, -0.15) is 0 Å². The minimum Gasteiger partial charge on any atom is -0.274 e. The Morgan fingerprint density at radius 1 is 1.30 bits per heavy atom. The average Bonchev–Trinajstić information content (AvgIpc) is 2.38. The maximum atomic E-state index is 11.7. The highest BCUT2D eigenvalue weighted by molar-refractivity contribution is 7.89. The van der Waals surface area contributed by atoms with Crippen molar-refractivity contribution in [3.63, 3.8) is 0 Å². The first-order valence-corrected chi connectivity index (χ1v) is 6.28. The number of nitrogens with one attached hydrogen (secondary N) is 1. The van der Waals surface area contributed by atoms with Gasteiger partial charge >= 0.3 is 0 Å². The normalized spacial score (nSPS) is 10.8. The van der Waals surface area contributed by atoms with E-state index in [0.717, 1.165) is 12.1 Å². The van der Waals surface area contributed by atoms with Crippen molar-refractivity contribution in [1.29, 1.82) is 0 Å². The highest BCUT2D eigenvalue weighted by atomic mass is 32.2. The van der Waals surface area contributed by atoms with Crippen LogP contribution in [0.5, 0.6) is 0 Å². The summed E-state index contributed by atoms with van der Waals surface area (Å²) in [5.41, 5.74) is -1.56. The van der Waals surface area contributed by atoms with E-state index >= 15 is 0 Å². The van der Waals surface area contributed by atoms with Gasteiger partial charge in [0.05, 0.1) is 15.9 Å². The molecule has 0 aliphatic heterocycles. The quantitative estimate of drug-likeness (QED) is 0.345. The molecule has 0 saturated carbocycles. The second kappa shape index (κ2) is 6.06. The van der Waals surface area contributed by atoms with Gasteiger partial charge in [-0.3, -0.25) is 25.1 Å². The molecule has 0 saturated heterocycles. The Morgan fingerprint density at radius 2 is 1.95 bits per heavy atom. The molecular weight excluding hydrogens is 294 g/mol. The van der Waals surface area contributed by atoms with E-state index in [1.54, 1.807) is 4.89 Å². The van der Waals surface area contributed by atoms with Crippen LogP contribution in [0.3, 0.4) is 0 Å². The Hall–Kier alpha value is -2.55. The number of rotatable bonds is 6. The van der Waals surface area contributed by atoms with E-state index in [-0.39, 0.29) is 6.61 Å². The van der Waals surface area contributed by atoms with Gasteiger partial charge in [0.15, 0.2) is 4.90 Å². The number of nitrogens with zero attached hydrogens (tertiary/aromatic N) is 2. The Bertz CT molecular complexity index is 692. The molecule has 20 heavy (non-hydrogen) atoms. The first kappa shape index (κ1) is 15.5. The van der Waals surface area contributed by atoms with Gasteiger partial charge in [0.2, 0.25) is 0 Å². The maximum absolute atomic E-state index is 11.7. The molecule has 0 heterocycles. The summed E-state index contributed by atoms with van der Waals surface area (Å²) in [6.07, 6.45) is 4.83. The summed E-state index contributed by atoms with van der Waals surface area (Å²) in [4.78, 5) is 24.6. The second-order valence-electron chi connectivity index (χ2n) is 3.25. The molecule has 0 bridgehead atoms. The zero-order valence-corrected chi connectivity index (χ0v) is 10.5. The molecule has 0 fully saturated rings. The summed E-state index contributed by atoms with van der Waals surface area (Å²) < 4.78 is 23.5. The first-order valence-electron chi connectivity index (χ1n) is 4.79. The third kappa shape index (κ3) is 3.48. The molecule has 0 aromatic heterocycles. The molecule has 0 atom stereocenters. The minimum atomic E-state index is -4.38. The summed E-state index contributed by atoms with van der Waals surface area (Å²) in [7, 11) is -4.38. The van der Waals surface area contributed by atoms with Crippen LogP contribution in [0, 0.1) is 32.6 Å². The summed E-state index contributed by atoms with van der Waals surface area (Å²) in [6, 6.07) is 2.09. The van der Waals surface area contributed by atoms with E-state index in [0.29, 0.717) is 6.07 Å². The zero-order chi connectivity index (χ0) is 15.3. The van der Waals surface area contributed by atoms with Crippen LogP contribution in [-0.2, 0) is 14.9 Å². The molecule has 106 valence electrons. The Balaban J connectivity index is 3.27. The topological polar surface area (TPSA) is 142 Å². The molecule has 1 aromatic carbocycles. The van der Waals surface area contributed by atoms with Crippen molar-refractivity contribution in [2.45, 2.75) is 4.90 Å². The van der Waals surface area contributed by atoms with Crippen molar-refractivity contribution >= 4 is 21.4 Å². The van der Waals surface area contributed by atoms with Gasteiger partial charge in [-0.25, -0.2) is 8.42 Å². The van der Waals surface area contributed by atoms with Gasteiger partial charge in [-0.15, -0.1) is 6.42 Å². The van der Waals surface area contributed by atoms with Crippen molar-refractivity contribution in [1.82, 2.24) is 4.89 Å². The Morgan fingerprint density at radius 3 is 2.45 bits per heavy atom. The molecule has 0 aliphatic rings. The molecule has 0 spiro atoms. The first-order chi connectivity index (χ1) is 9.29.